The van der Waals surface area contributed by atoms with E-state index in [9.17, 15) is 9.18 Å². The predicted octanol–water partition coefficient (Wildman–Crippen LogP) is 2.12. The van der Waals surface area contributed by atoms with Gasteiger partial charge in [-0.05, 0) is 31.0 Å². The van der Waals surface area contributed by atoms with Gasteiger partial charge in [-0.3, -0.25) is 9.79 Å². The molecule has 1 aromatic rings. The SMILES string of the molecule is CN=C(NCCNC(=O)C(C)(C)C)NC1CCN(c2cccc(F)c2)CC1. The fourth-order valence-corrected chi connectivity index (χ4v) is 2.96. The van der Waals surface area contributed by atoms with E-state index in [4.69, 9.17) is 0 Å². The van der Waals surface area contributed by atoms with Crippen molar-refractivity contribution in [3.05, 3.63) is 30.1 Å². The number of anilines is 1. The summed E-state index contributed by atoms with van der Waals surface area (Å²) in [6.07, 6.45) is 1.91. The van der Waals surface area contributed by atoms with E-state index in [1.165, 1.54) is 6.07 Å². The molecule has 7 heteroatoms. The molecule has 1 aliphatic rings. The number of hydrogen-bond acceptors (Lipinski definition) is 3. The van der Waals surface area contributed by atoms with Crippen LogP contribution in [0.3, 0.4) is 0 Å². The minimum atomic E-state index is -0.379. The second-order valence-electron chi connectivity index (χ2n) is 7.89. The first-order chi connectivity index (χ1) is 12.8. The predicted molar refractivity (Wildman–Crippen MR) is 109 cm³/mol. The summed E-state index contributed by atoms with van der Waals surface area (Å²) in [6, 6.07) is 7.07. The number of rotatable bonds is 5. The lowest BCUT2D eigenvalue weighted by Gasteiger charge is -2.34. The number of carbonyl (C=O) groups is 1. The molecule has 1 saturated heterocycles. The van der Waals surface area contributed by atoms with Crippen LogP contribution < -0.4 is 20.9 Å². The molecule has 1 aliphatic heterocycles. The number of nitrogens with one attached hydrogen (secondary N) is 3. The molecule has 0 radical (unpaired) electrons. The summed E-state index contributed by atoms with van der Waals surface area (Å²) in [5.41, 5.74) is 0.556. The van der Waals surface area contributed by atoms with E-state index in [0.29, 0.717) is 19.1 Å². The van der Waals surface area contributed by atoms with Crippen LogP contribution in [0.2, 0.25) is 0 Å². The number of halogens is 1. The summed E-state index contributed by atoms with van der Waals surface area (Å²) in [5.74, 6) is 0.581. The Morgan fingerprint density at radius 1 is 1.22 bits per heavy atom. The fraction of sp³-hybridized carbons (Fsp3) is 0.600. The number of benzene rings is 1. The Hall–Kier alpha value is -2.31. The van der Waals surface area contributed by atoms with Crippen molar-refractivity contribution in [2.75, 3.05) is 38.1 Å². The highest BCUT2D eigenvalue weighted by atomic mass is 19.1. The van der Waals surface area contributed by atoms with E-state index >= 15 is 0 Å². The van der Waals surface area contributed by atoms with Gasteiger partial charge in [-0.15, -0.1) is 0 Å². The highest BCUT2D eigenvalue weighted by Crippen LogP contribution is 2.20. The molecular formula is C20H32FN5O. The second kappa shape index (κ2) is 9.58. The third-order valence-corrected chi connectivity index (χ3v) is 4.62. The number of guanidine groups is 1. The largest absolute Gasteiger partial charge is 0.371 e. The molecule has 0 saturated carbocycles. The molecule has 0 aliphatic carbocycles. The van der Waals surface area contributed by atoms with E-state index in [2.05, 4.69) is 25.8 Å². The molecule has 0 spiro atoms. The lowest BCUT2D eigenvalue weighted by atomic mass is 9.96. The number of carbonyl (C=O) groups excluding carboxylic acids is 1. The molecule has 1 fully saturated rings. The van der Waals surface area contributed by atoms with Gasteiger partial charge in [0.25, 0.3) is 0 Å². The standard InChI is InChI=1S/C20H32FN5O/c1-20(2,3)18(27)23-10-11-24-19(22-4)25-16-8-12-26(13-9-16)17-7-5-6-15(21)14-17/h5-7,14,16H,8-13H2,1-4H3,(H,23,27)(H2,22,24,25). The molecule has 0 bridgehead atoms. The summed E-state index contributed by atoms with van der Waals surface area (Å²) >= 11 is 0. The molecule has 1 amide bonds. The average molecular weight is 378 g/mol. The summed E-state index contributed by atoms with van der Waals surface area (Å²) in [6.45, 7) is 8.60. The van der Waals surface area contributed by atoms with Gasteiger partial charge in [-0.2, -0.15) is 0 Å². The maximum atomic E-state index is 13.4. The first kappa shape index (κ1) is 21.0. The Kier molecular flexibility index (Phi) is 7.45. The van der Waals surface area contributed by atoms with Crippen LogP contribution in [-0.2, 0) is 4.79 Å². The van der Waals surface area contributed by atoms with Gasteiger partial charge >= 0.3 is 0 Å². The van der Waals surface area contributed by atoms with E-state index in [1.807, 2.05) is 26.8 Å². The molecule has 150 valence electrons. The Balaban J connectivity index is 1.71. The van der Waals surface area contributed by atoms with Gasteiger partial charge in [0.15, 0.2) is 5.96 Å². The van der Waals surface area contributed by atoms with Crippen LogP contribution in [0.5, 0.6) is 0 Å². The first-order valence-electron chi connectivity index (χ1n) is 9.55. The Bertz CT molecular complexity index is 648. The van der Waals surface area contributed by atoms with Gasteiger partial charge in [-0.25, -0.2) is 4.39 Å². The van der Waals surface area contributed by atoms with Crippen molar-refractivity contribution in [3.8, 4) is 0 Å². The van der Waals surface area contributed by atoms with Crippen LogP contribution >= 0.6 is 0 Å². The van der Waals surface area contributed by atoms with Crippen molar-refractivity contribution in [1.82, 2.24) is 16.0 Å². The van der Waals surface area contributed by atoms with Crippen molar-refractivity contribution in [3.63, 3.8) is 0 Å². The van der Waals surface area contributed by atoms with Crippen LogP contribution in [0.1, 0.15) is 33.6 Å². The molecular weight excluding hydrogens is 345 g/mol. The number of aliphatic imine (C=N–C) groups is 1. The first-order valence-corrected chi connectivity index (χ1v) is 9.55. The Morgan fingerprint density at radius 3 is 2.48 bits per heavy atom. The summed E-state index contributed by atoms with van der Waals surface area (Å²) < 4.78 is 13.4. The van der Waals surface area contributed by atoms with Gasteiger partial charge in [0, 0.05) is 50.4 Å². The molecule has 1 heterocycles. The molecule has 27 heavy (non-hydrogen) atoms. The van der Waals surface area contributed by atoms with E-state index in [-0.39, 0.29) is 17.1 Å². The highest BCUT2D eigenvalue weighted by Gasteiger charge is 2.21. The monoisotopic (exact) mass is 377 g/mol. The van der Waals surface area contributed by atoms with Crippen LogP contribution in [-0.4, -0.2) is 51.1 Å². The van der Waals surface area contributed by atoms with Crippen molar-refractivity contribution in [2.45, 2.75) is 39.7 Å². The second-order valence-corrected chi connectivity index (χ2v) is 7.89. The molecule has 0 aromatic heterocycles. The number of hydrogen-bond donors (Lipinski definition) is 3. The maximum absolute atomic E-state index is 13.4. The van der Waals surface area contributed by atoms with Gasteiger partial charge in [0.05, 0.1) is 0 Å². The summed E-state index contributed by atoms with van der Waals surface area (Å²) in [4.78, 5) is 18.3. The van der Waals surface area contributed by atoms with E-state index in [0.717, 1.165) is 37.6 Å². The van der Waals surface area contributed by atoms with Crippen molar-refractivity contribution in [2.24, 2.45) is 10.4 Å². The minimum Gasteiger partial charge on any atom is -0.371 e. The molecule has 2 rings (SSSR count). The average Bonchev–Trinajstić information content (AvgIpc) is 2.63. The number of piperidine rings is 1. The summed E-state index contributed by atoms with van der Waals surface area (Å²) in [7, 11) is 1.74. The van der Waals surface area contributed by atoms with Crippen LogP contribution in [0, 0.1) is 11.2 Å². The zero-order valence-electron chi connectivity index (χ0n) is 16.8. The third kappa shape index (κ3) is 6.73. The minimum absolute atomic E-state index is 0.0389. The van der Waals surface area contributed by atoms with E-state index in [1.54, 1.807) is 19.2 Å². The molecule has 6 nitrogen and oxygen atoms in total. The normalized spacial score (nSPS) is 16.2. The summed E-state index contributed by atoms with van der Waals surface area (Å²) in [5, 5.41) is 9.58. The van der Waals surface area contributed by atoms with Crippen molar-refractivity contribution < 1.29 is 9.18 Å². The van der Waals surface area contributed by atoms with Crippen LogP contribution in [0.15, 0.2) is 29.3 Å². The Morgan fingerprint density at radius 2 is 1.89 bits per heavy atom. The van der Waals surface area contributed by atoms with Crippen LogP contribution in [0.4, 0.5) is 10.1 Å². The number of nitrogens with zero attached hydrogens (tertiary/aromatic N) is 2. The van der Waals surface area contributed by atoms with Gasteiger partial charge in [0.2, 0.25) is 5.91 Å². The van der Waals surface area contributed by atoms with Gasteiger partial charge < -0.3 is 20.9 Å². The number of amides is 1. The molecule has 0 atom stereocenters. The van der Waals surface area contributed by atoms with Crippen molar-refractivity contribution in [1.29, 1.82) is 0 Å². The van der Waals surface area contributed by atoms with Gasteiger partial charge in [0.1, 0.15) is 5.82 Å². The third-order valence-electron chi connectivity index (χ3n) is 4.62. The quantitative estimate of drug-likeness (QED) is 0.418. The lowest BCUT2D eigenvalue weighted by molar-refractivity contribution is -0.128. The molecule has 0 unspecified atom stereocenters. The Labute approximate surface area is 161 Å². The zero-order chi connectivity index (χ0) is 19.9. The lowest BCUT2D eigenvalue weighted by Crippen LogP contribution is -2.50. The maximum Gasteiger partial charge on any atom is 0.225 e. The van der Waals surface area contributed by atoms with Crippen molar-refractivity contribution >= 4 is 17.6 Å². The highest BCUT2D eigenvalue weighted by molar-refractivity contribution is 5.82. The van der Waals surface area contributed by atoms with Gasteiger partial charge in [-0.1, -0.05) is 26.8 Å². The molecule has 1 aromatic carbocycles. The zero-order valence-corrected chi connectivity index (χ0v) is 16.8. The molecule has 3 N–H and O–H groups in total. The van der Waals surface area contributed by atoms with Crippen LogP contribution in [0.25, 0.3) is 0 Å². The topological polar surface area (TPSA) is 68.8 Å². The van der Waals surface area contributed by atoms with E-state index < -0.39 is 0 Å². The smallest absolute Gasteiger partial charge is 0.225 e. The fourth-order valence-electron chi connectivity index (χ4n) is 2.96.